The van der Waals surface area contributed by atoms with Gasteiger partial charge in [-0.25, -0.2) is 14.6 Å². The summed E-state index contributed by atoms with van der Waals surface area (Å²) in [7, 11) is 0. The molecule has 1 aromatic rings. The zero-order valence-corrected chi connectivity index (χ0v) is 13.1. The molecule has 9 nitrogen and oxygen atoms in total. The molecule has 0 aromatic carbocycles. The Morgan fingerprint density at radius 1 is 1.35 bits per heavy atom. The fourth-order valence-corrected chi connectivity index (χ4v) is 1.45. The van der Waals surface area contributed by atoms with E-state index < -0.39 is 18.0 Å². The van der Waals surface area contributed by atoms with Gasteiger partial charge in [-0.15, -0.1) is 0 Å². The summed E-state index contributed by atoms with van der Waals surface area (Å²) in [6.07, 6.45) is -0.130. The Hall–Kier alpha value is -2.68. The standard InChI is InChI=1S/C14H19N3O6/c1-4-21-13(19)9-5-10(22-8(2)3)12(16-7-9)23-14(20)17-11(18)6-15/h5,7-8H,4,6,15H2,1-3H3,(H,17,18,20). The maximum Gasteiger partial charge on any atom is 0.420 e. The summed E-state index contributed by atoms with van der Waals surface area (Å²) >= 11 is 0. The van der Waals surface area contributed by atoms with Crippen LogP contribution in [0.25, 0.3) is 0 Å². The summed E-state index contributed by atoms with van der Waals surface area (Å²) in [5, 5.41) is 1.90. The molecular formula is C14H19N3O6. The molecule has 0 aliphatic carbocycles. The van der Waals surface area contributed by atoms with E-state index in [-0.39, 0.29) is 36.4 Å². The molecule has 0 fully saturated rings. The molecule has 0 saturated heterocycles. The van der Waals surface area contributed by atoms with Crippen LogP contribution < -0.4 is 20.5 Å². The quantitative estimate of drug-likeness (QED) is 0.728. The summed E-state index contributed by atoms with van der Waals surface area (Å²) in [6.45, 7) is 5.02. The van der Waals surface area contributed by atoms with Gasteiger partial charge in [0.25, 0.3) is 5.88 Å². The van der Waals surface area contributed by atoms with Gasteiger partial charge in [-0.3, -0.25) is 10.1 Å². The van der Waals surface area contributed by atoms with E-state index in [9.17, 15) is 14.4 Å². The number of amides is 2. The average Bonchev–Trinajstić information content (AvgIpc) is 2.48. The molecular weight excluding hydrogens is 306 g/mol. The lowest BCUT2D eigenvalue weighted by Crippen LogP contribution is -2.37. The Kier molecular flexibility index (Phi) is 6.94. The van der Waals surface area contributed by atoms with Gasteiger partial charge in [-0.2, -0.15) is 0 Å². The molecule has 3 N–H and O–H groups in total. The number of carbonyl (C=O) groups is 3. The van der Waals surface area contributed by atoms with Crippen LogP contribution in [0.1, 0.15) is 31.1 Å². The molecule has 0 aliphatic heterocycles. The lowest BCUT2D eigenvalue weighted by Gasteiger charge is -2.14. The topological polar surface area (TPSA) is 130 Å². The van der Waals surface area contributed by atoms with Crippen LogP contribution in [-0.4, -0.2) is 42.2 Å². The summed E-state index contributed by atoms with van der Waals surface area (Å²) in [6, 6.07) is 1.35. The third kappa shape index (κ3) is 5.91. The van der Waals surface area contributed by atoms with Gasteiger partial charge in [0.2, 0.25) is 5.91 Å². The fraction of sp³-hybridized carbons (Fsp3) is 0.429. The van der Waals surface area contributed by atoms with Crippen LogP contribution in [-0.2, 0) is 9.53 Å². The number of aromatic nitrogens is 1. The third-order valence-electron chi connectivity index (χ3n) is 2.31. The molecule has 1 aromatic heterocycles. The number of nitrogens with two attached hydrogens (primary N) is 1. The molecule has 0 radical (unpaired) electrons. The summed E-state index contributed by atoms with van der Waals surface area (Å²) in [5.41, 5.74) is 5.23. The number of hydrogen-bond donors (Lipinski definition) is 2. The van der Waals surface area contributed by atoms with Gasteiger partial charge < -0.3 is 19.9 Å². The normalized spacial score (nSPS) is 10.1. The number of carbonyl (C=O) groups excluding carboxylic acids is 3. The molecule has 0 saturated carbocycles. The molecule has 1 heterocycles. The predicted molar refractivity (Wildman–Crippen MR) is 79.2 cm³/mol. The first-order valence-electron chi connectivity index (χ1n) is 6.92. The van der Waals surface area contributed by atoms with Crippen molar-refractivity contribution < 1.29 is 28.6 Å². The molecule has 0 atom stereocenters. The van der Waals surface area contributed by atoms with Crippen molar-refractivity contribution in [2.45, 2.75) is 26.9 Å². The monoisotopic (exact) mass is 325 g/mol. The summed E-state index contributed by atoms with van der Waals surface area (Å²) in [5.74, 6) is -1.40. The maximum absolute atomic E-state index is 11.7. The van der Waals surface area contributed by atoms with Crippen LogP contribution in [0.4, 0.5) is 4.79 Å². The second-order valence-corrected chi connectivity index (χ2v) is 4.56. The average molecular weight is 325 g/mol. The van der Waals surface area contributed by atoms with E-state index in [0.29, 0.717) is 0 Å². The number of esters is 1. The Morgan fingerprint density at radius 3 is 2.61 bits per heavy atom. The van der Waals surface area contributed by atoms with Gasteiger partial charge >= 0.3 is 12.1 Å². The SMILES string of the molecule is CCOC(=O)c1cnc(OC(=O)NC(=O)CN)c(OC(C)C)c1. The largest absolute Gasteiger partial charge is 0.485 e. The van der Waals surface area contributed by atoms with Crippen LogP contribution in [0.2, 0.25) is 0 Å². The zero-order chi connectivity index (χ0) is 17.4. The van der Waals surface area contributed by atoms with E-state index in [1.165, 1.54) is 12.3 Å². The van der Waals surface area contributed by atoms with Crippen LogP contribution in [0.15, 0.2) is 12.3 Å². The van der Waals surface area contributed by atoms with Crippen LogP contribution in [0.3, 0.4) is 0 Å². The first-order valence-corrected chi connectivity index (χ1v) is 6.92. The van der Waals surface area contributed by atoms with Crippen molar-refractivity contribution in [3.05, 3.63) is 17.8 Å². The van der Waals surface area contributed by atoms with Crippen molar-refractivity contribution in [1.82, 2.24) is 10.3 Å². The Balaban J connectivity index is 2.99. The molecule has 0 unspecified atom stereocenters. The lowest BCUT2D eigenvalue weighted by atomic mass is 10.2. The molecule has 0 bridgehead atoms. The smallest absolute Gasteiger partial charge is 0.420 e. The third-order valence-corrected chi connectivity index (χ3v) is 2.31. The first-order chi connectivity index (χ1) is 10.9. The van der Waals surface area contributed by atoms with Gasteiger partial charge in [0, 0.05) is 12.3 Å². The van der Waals surface area contributed by atoms with Crippen molar-refractivity contribution in [1.29, 1.82) is 0 Å². The van der Waals surface area contributed by atoms with Gasteiger partial charge in [-0.05, 0) is 20.8 Å². The second kappa shape index (κ2) is 8.69. The predicted octanol–water partition coefficient (Wildman–Crippen LogP) is 0.619. The van der Waals surface area contributed by atoms with Gasteiger partial charge in [-0.1, -0.05) is 0 Å². The number of nitrogens with one attached hydrogen (secondary N) is 1. The van der Waals surface area contributed by atoms with Crippen molar-refractivity contribution in [3.63, 3.8) is 0 Å². The van der Waals surface area contributed by atoms with Crippen molar-refractivity contribution in [2.75, 3.05) is 13.2 Å². The number of nitrogens with zero attached hydrogens (tertiary/aromatic N) is 1. The minimum atomic E-state index is -1.05. The van der Waals surface area contributed by atoms with Crippen molar-refractivity contribution >= 4 is 18.0 Å². The molecule has 126 valence electrons. The minimum absolute atomic E-state index is 0.0703. The van der Waals surface area contributed by atoms with E-state index in [2.05, 4.69) is 4.98 Å². The summed E-state index contributed by atoms with van der Waals surface area (Å²) in [4.78, 5) is 38.1. The molecule has 23 heavy (non-hydrogen) atoms. The van der Waals surface area contributed by atoms with E-state index in [4.69, 9.17) is 19.9 Å². The van der Waals surface area contributed by atoms with E-state index >= 15 is 0 Å². The molecule has 2 amide bonds. The zero-order valence-electron chi connectivity index (χ0n) is 13.1. The first kappa shape index (κ1) is 18.4. The van der Waals surface area contributed by atoms with Crippen molar-refractivity contribution in [2.24, 2.45) is 5.73 Å². The van der Waals surface area contributed by atoms with Gasteiger partial charge in [0.15, 0.2) is 5.75 Å². The van der Waals surface area contributed by atoms with E-state index in [1.54, 1.807) is 20.8 Å². The Labute approximate surface area is 133 Å². The number of pyridine rings is 1. The molecule has 0 aliphatic rings. The van der Waals surface area contributed by atoms with Crippen LogP contribution in [0, 0.1) is 0 Å². The Bertz CT molecular complexity index is 588. The van der Waals surface area contributed by atoms with Gasteiger partial charge in [0.05, 0.1) is 24.8 Å². The highest BCUT2D eigenvalue weighted by atomic mass is 16.6. The highest BCUT2D eigenvalue weighted by Crippen LogP contribution is 2.27. The molecule has 9 heteroatoms. The number of rotatable bonds is 6. The van der Waals surface area contributed by atoms with Crippen LogP contribution in [0.5, 0.6) is 11.6 Å². The number of imide groups is 1. The molecule has 1 rings (SSSR count). The van der Waals surface area contributed by atoms with Crippen molar-refractivity contribution in [3.8, 4) is 11.6 Å². The fourth-order valence-electron chi connectivity index (χ4n) is 1.45. The highest BCUT2D eigenvalue weighted by Gasteiger charge is 2.18. The van der Waals surface area contributed by atoms with E-state index in [0.717, 1.165) is 0 Å². The lowest BCUT2D eigenvalue weighted by molar-refractivity contribution is -0.118. The molecule has 0 spiro atoms. The summed E-state index contributed by atoms with van der Waals surface area (Å²) < 4.78 is 15.2. The number of hydrogen-bond acceptors (Lipinski definition) is 8. The van der Waals surface area contributed by atoms with E-state index in [1.807, 2.05) is 5.32 Å². The maximum atomic E-state index is 11.7. The Morgan fingerprint density at radius 2 is 2.04 bits per heavy atom. The highest BCUT2D eigenvalue weighted by molar-refractivity contribution is 5.93. The minimum Gasteiger partial charge on any atom is -0.485 e. The number of ether oxygens (including phenoxy) is 3. The van der Waals surface area contributed by atoms with Gasteiger partial charge in [0.1, 0.15) is 0 Å². The second-order valence-electron chi connectivity index (χ2n) is 4.56. The van der Waals surface area contributed by atoms with Crippen LogP contribution >= 0.6 is 0 Å².